The van der Waals surface area contributed by atoms with Crippen molar-refractivity contribution in [2.24, 2.45) is 5.92 Å². The highest BCUT2D eigenvalue weighted by Gasteiger charge is 2.31. The highest BCUT2D eigenvalue weighted by atomic mass is 16.2. The first-order valence-electron chi connectivity index (χ1n) is 7.67. The van der Waals surface area contributed by atoms with Gasteiger partial charge in [0.2, 0.25) is 5.91 Å². The van der Waals surface area contributed by atoms with Crippen LogP contribution < -0.4 is 16.2 Å². The predicted octanol–water partition coefficient (Wildman–Crippen LogP) is 0.298. The Morgan fingerprint density at radius 3 is 2.73 bits per heavy atom. The van der Waals surface area contributed by atoms with Crippen molar-refractivity contribution in [2.75, 3.05) is 7.05 Å². The number of nitrogens with zero attached hydrogens (tertiary/aromatic N) is 2. The maximum absolute atomic E-state index is 12.3. The zero-order valence-electron chi connectivity index (χ0n) is 13.0. The number of nitrogens with one attached hydrogen (secondary N) is 2. The summed E-state index contributed by atoms with van der Waals surface area (Å²) in [5.41, 5.74) is -0.0392. The lowest BCUT2D eigenvalue weighted by Crippen LogP contribution is -2.48. The van der Waals surface area contributed by atoms with Crippen LogP contribution in [0.5, 0.6) is 0 Å². The molecule has 7 nitrogen and oxygen atoms in total. The van der Waals surface area contributed by atoms with Crippen molar-refractivity contribution < 1.29 is 9.59 Å². The van der Waals surface area contributed by atoms with Gasteiger partial charge in [0.15, 0.2) is 0 Å². The summed E-state index contributed by atoms with van der Waals surface area (Å²) >= 11 is 0. The third-order valence-electron chi connectivity index (χ3n) is 4.06. The second-order valence-corrected chi connectivity index (χ2v) is 5.46. The van der Waals surface area contributed by atoms with E-state index < -0.39 is 0 Å². The van der Waals surface area contributed by atoms with Crippen LogP contribution in [0.2, 0.25) is 0 Å². The van der Waals surface area contributed by atoms with E-state index in [-0.39, 0.29) is 35.0 Å². The van der Waals surface area contributed by atoms with E-state index in [9.17, 15) is 14.4 Å². The van der Waals surface area contributed by atoms with Gasteiger partial charge >= 0.3 is 0 Å². The van der Waals surface area contributed by atoms with Crippen LogP contribution in [0.15, 0.2) is 16.9 Å². The Balaban J connectivity index is 2.12. The lowest BCUT2D eigenvalue weighted by molar-refractivity contribution is -0.126. The van der Waals surface area contributed by atoms with Crippen molar-refractivity contribution in [3.05, 3.63) is 28.2 Å². The Morgan fingerprint density at radius 1 is 1.32 bits per heavy atom. The molecule has 0 unspecified atom stereocenters. The summed E-state index contributed by atoms with van der Waals surface area (Å²) in [4.78, 5) is 35.8. The molecule has 0 saturated heterocycles. The highest BCUT2D eigenvalue weighted by molar-refractivity contribution is 5.92. The molecule has 0 aromatic carbocycles. The van der Waals surface area contributed by atoms with Crippen molar-refractivity contribution in [1.29, 1.82) is 0 Å². The van der Waals surface area contributed by atoms with Crippen molar-refractivity contribution in [1.82, 2.24) is 20.4 Å². The topological polar surface area (TPSA) is 93.1 Å². The molecule has 2 rings (SSSR count). The summed E-state index contributed by atoms with van der Waals surface area (Å²) in [6.07, 6.45) is 3.52. The summed E-state index contributed by atoms with van der Waals surface area (Å²) in [5, 5.41) is 9.58. The van der Waals surface area contributed by atoms with E-state index in [0.29, 0.717) is 6.54 Å². The van der Waals surface area contributed by atoms with Gasteiger partial charge in [0, 0.05) is 25.7 Å². The van der Waals surface area contributed by atoms with Crippen LogP contribution in [-0.4, -0.2) is 34.7 Å². The molecule has 120 valence electrons. The lowest BCUT2D eigenvalue weighted by Gasteiger charge is -2.30. The zero-order chi connectivity index (χ0) is 16.1. The number of aryl methyl sites for hydroxylation is 1. The largest absolute Gasteiger partial charge is 0.359 e. The van der Waals surface area contributed by atoms with Gasteiger partial charge in [-0.3, -0.25) is 14.4 Å². The van der Waals surface area contributed by atoms with Crippen LogP contribution in [0.3, 0.4) is 0 Å². The smallest absolute Gasteiger partial charge is 0.271 e. The van der Waals surface area contributed by atoms with E-state index in [0.717, 1.165) is 25.7 Å². The third-order valence-corrected chi connectivity index (χ3v) is 4.06. The van der Waals surface area contributed by atoms with Gasteiger partial charge in [-0.2, -0.15) is 5.10 Å². The SMILES string of the molecule is CCn1nc(C(=O)N[C@@H]2CCCC[C@H]2C(=O)NC)ccc1=O. The van der Waals surface area contributed by atoms with Gasteiger partial charge < -0.3 is 10.6 Å². The van der Waals surface area contributed by atoms with Gasteiger partial charge in [-0.15, -0.1) is 0 Å². The van der Waals surface area contributed by atoms with E-state index in [1.165, 1.54) is 16.8 Å². The molecule has 0 spiro atoms. The summed E-state index contributed by atoms with van der Waals surface area (Å²) < 4.78 is 1.24. The Hall–Kier alpha value is -2.18. The molecule has 2 atom stereocenters. The van der Waals surface area contributed by atoms with E-state index in [2.05, 4.69) is 15.7 Å². The van der Waals surface area contributed by atoms with Crippen molar-refractivity contribution >= 4 is 11.8 Å². The molecule has 1 aliphatic rings. The fraction of sp³-hybridized carbons (Fsp3) is 0.600. The number of aromatic nitrogens is 2. The average molecular weight is 306 g/mol. The molecule has 2 amide bonds. The highest BCUT2D eigenvalue weighted by Crippen LogP contribution is 2.24. The van der Waals surface area contributed by atoms with Crippen LogP contribution >= 0.6 is 0 Å². The molecular weight excluding hydrogens is 284 g/mol. The second-order valence-electron chi connectivity index (χ2n) is 5.46. The standard InChI is InChI=1S/C15H22N4O3/c1-3-19-13(20)9-8-12(18-19)15(22)17-11-7-5-4-6-10(11)14(21)16-2/h8-11H,3-7H2,1-2H3,(H,16,21)(H,17,22)/t10-,11-/m1/s1. The van der Waals surface area contributed by atoms with Gasteiger partial charge in [-0.05, 0) is 25.8 Å². The molecule has 0 bridgehead atoms. The van der Waals surface area contributed by atoms with Gasteiger partial charge in [0.25, 0.3) is 11.5 Å². The van der Waals surface area contributed by atoms with Crippen LogP contribution in [0, 0.1) is 5.92 Å². The van der Waals surface area contributed by atoms with E-state index in [1.807, 2.05) is 0 Å². The Labute approximate surface area is 129 Å². The first-order valence-corrected chi connectivity index (χ1v) is 7.67. The molecule has 1 saturated carbocycles. The van der Waals surface area contributed by atoms with Crippen LogP contribution in [0.25, 0.3) is 0 Å². The maximum atomic E-state index is 12.3. The molecule has 0 aliphatic heterocycles. The van der Waals surface area contributed by atoms with E-state index in [4.69, 9.17) is 0 Å². The first kappa shape index (κ1) is 16.2. The number of rotatable bonds is 4. The normalized spacial score (nSPS) is 21.2. The maximum Gasteiger partial charge on any atom is 0.271 e. The molecule has 1 aromatic heterocycles. The van der Waals surface area contributed by atoms with Crippen LogP contribution in [0.4, 0.5) is 0 Å². The molecule has 1 aliphatic carbocycles. The minimum absolute atomic E-state index is 0.0449. The molecule has 2 N–H and O–H groups in total. The monoisotopic (exact) mass is 306 g/mol. The Bertz CT molecular complexity index is 611. The Kier molecular flexibility index (Phi) is 5.30. The van der Waals surface area contributed by atoms with Gasteiger partial charge in [-0.25, -0.2) is 4.68 Å². The quantitative estimate of drug-likeness (QED) is 0.836. The van der Waals surface area contributed by atoms with Crippen molar-refractivity contribution in [3.63, 3.8) is 0 Å². The molecule has 22 heavy (non-hydrogen) atoms. The summed E-state index contributed by atoms with van der Waals surface area (Å²) in [6, 6.07) is 2.56. The number of hydrogen-bond donors (Lipinski definition) is 2. The number of amides is 2. The summed E-state index contributed by atoms with van der Waals surface area (Å²) in [6.45, 7) is 2.20. The van der Waals surface area contributed by atoms with E-state index >= 15 is 0 Å². The molecule has 1 fully saturated rings. The fourth-order valence-electron chi connectivity index (χ4n) is 2.84. The predicted molar refractivity (Wildman–Crippen MR) is 81.4 cm³/mol. The van der Waals surface area contributed by atoms with Gasteiger partial charge in [0.1, 0.15) is 5.69 Å². The molecule has 0 radical (unpaired) electrons. The van der Waals surface area contributed by atoms with E-state index in [1.54, 1.807) is 14.0 Å². The summed E-state index contributed by atoms with van der Waals surface area (Å²) in [7, 11) is 1.61. The van der Waals surface area contributed by atoms with Crippen LogP contribution in [0.1, 0.15) is 43.1 Å². The van der Waals surface area contributed by atoms with Gasteiger partial charge in [-0.1, -0.05) is 12.8 Å². The molecular formula is C15H22N4O3. The fourth-order valence-corrected chi connectivity index (χ4v) is 2.84. The second kappa shape index (κ2) is 7.20. The molecule has 7 heteroatoms. The lowest BCUT2D eigenvalue weighted by atomic mass is 9.83. The number of hydrogen-bond acceptors (Lipinski definition) is 4. The number of carbonyl (C=O) groups excluding carboxylic acids is 2. The zero-order valence-corrected chi connectivity index (χ0v) is 13.0. The molecule has 1 heterocycles. The van der Waals surface area contributed by atoms with Gasteiger partial charge in [0.05, 0.1) is 5.92 Å². The molecule has 1 aromatic rings. The average Bonchev–Trinajstić information content (AvgIpc) is 2.55. The van der Waals surface area contributed by atoms with Crippen LogP contribution in [-0.2, 0) is 11.3 Å². The number of carbonyl (C=O) groups is 2. The Morgan fingerprint density at radius 2 is 2.05 bits per heavy atom. The van der Waals surface area contributed by atoms with Crippen molar-refractivity contribution in [2.45, 2.75) is 45.2 Å². The van der Waals surface area contributed by atoms with Crippen molar-refractivity contribution in [3.8, 4) is 0 Å². The first-order chi connectivity index (χ1) is 10.6. The summed E-state index contributed by atoms with van der Waals surface area (Å²) in [5.74, 6) is -0.598. The minimum atomic E-state index is -0.344. The third kappa shape index (κ3) is 3.52. The minimum Gasteiger partial charge on any atom is -0.359 e.